The highest BCUT2D eigenvalue weighted by Crippen LogP contribution is 2.19. The smallest absolute Gasteiger partial charge is 0.227 e. The number of piperidine rings is 1. The summed E-state index contributed by atoms with van der Waals surface area (Å²) in [5.74, 6) is 0.327. The Bertz CT molecular complexity index is 416. The van der Waals surface area contributed by atoms with Gasteiger partial charge in [-0.25, -0.2) is 0 Å². The molecule has 1 amide bonds. The van der Waals surface area contributed by atoms with Crippen molar-refractivity contribution in [3.05, 3.63) is 34.9 Å². The first-order valence-electron chi connectivity index (χ1n) is 6.37. The van der Waals surface area contributed by atoms with E-state index < -0.39 is 0 Å². The number of carbonyl (C=O) groups is 1. The second-order valence-electron chi connectivity index (χ2n) is 4.83. The Morgan fingerprint density at radius 2 is 2.28 bits per heavy atom. The molecule has 0 spiro atoms. The monoisotopic (exact) mass is 266 g/mol. The molecular weight excluding hydrogens is 248 g/mol. The van der Waals surface area contributed by atoms with E-state index >= 15 is 0 Å². The van der Waals surface area contributed by atoms with E-state index in [-0.39, 0.29) is 11.8 Å². The number of hydrogen-bond donors (Lipinski definition) is 1. The van der Waals surface area contributed by atoms with Crippen molar-refractivity contribution < 1.29 is 4.79 Å². The Kier molecular flexibility index (Phi) is 4.61. The lowest BCUT2D eigenvalue weighted by Crippen LogP contribution is -2.41. The van der Waals surface area contributed by atoms with Gasteiger partial charge in [0.05, 0.1) is 5.92 Å². The molecule has 1 unspecified atom stereocenters. The molecule has 2 rings (SSSR count). The lowest BCUT2D eigenvalue weighted by molar-refractivity contribution is -0.135. The van der Waals surface area contributed by atoms with Gasteiger partial charge in [0.25, 0.3) is 0 Å². The maximum atomic E-state index is 12.3. The van der Waals surface area contributed by atoms with Gasteiger partial charge < -0.3 is 10.2 Å². The van der Waals surface area contributed by atoms with Gasteiger partial charge in [0, 0.05) is 25.2 Å². The van der Waals surface area contributed by atoms with E-state index in [0.29, 0.717) is 6.54 Å². The van der Waals surface area contributed by atoms with Gasteiger partial charge in [0.15, 0.2) is 0 Å². The minimum absolute atomic E-state index is 0.117. The third-order valence-corrected chi connectivity index (χ3v) is 3.76. The van der Waals surface area contributed by atoms with E-state index in [9.17, 15) is 4.79 Å². The van der Waals surface area contributed by atoms with Crippen molar-refractivity contribution in [2.75, 3.05) is 20.1 Å². The van der Waals surface area contributed by atoms with Gasteiger partial charge in [-0.15, -0.1) is 0 Å². The number of carbonyl (C=O) groups excluding carboxylic acids is 1. The fourth-order valence-electron chi connectivity index (χ4n) is 2.33. The molecule has 1 aliphatic rings. The van der Waals surface area contributed by atoms with Gasteiger partial charge >= 0.3 is 0 Å². The summed E-state index contributed by atoms with van der Waals surface area (Å²) in [7, 11) is 1.85. The number of nitrogens with zero attached hydrogens (tertiary/aromatic N) is 1. The first kappa shape index (κ1) is 13.4. The molecule has 0 aromatic heterocycles. The Labute approximate surface area is 113 Å². The van der Waals surface area contributed by atoms with Gasteiger partial charge in [-0.05, 0) is 31.0 Å². The van der Waals surface area contributed by atoms with E-state index in [1.807, 2.05) is 31.3 Å². The van der Waals surface area contributed by atoms with Crippen molar-refractivity contribution in [1.82, 2.24) is 10.2 Å². The number of nitrogens with one attached hydrogen (secondary N) is 1. The van der Waals surface area contributed by atoms with Gasteiger partial charge in [0.1, 0.15) is 0 Å². The third kappa shape index (κ3) is 3.24. The summed E-state index contributed by atoms with van der Waals surface area (Å²) in [5, 5.41) is 3.99. The number of hydrogen-bond acceptors (Lipinski definition) is 2. The van der Waals surface area contributed by atoms with Crippen LogP contribution in [0.4, 0.5) is 0 Å². The largest absolute Gasteiger partial charge is 0.341 e. The molecule has 0 bridgehead atoms. The lowest BCUT2D eigenvalue weighted by atomic mass is 9.98. The van der Waals surface area contributed by atoms with Gasteiger partial charge in [0.2, 0.25) is 5.91 Å². The first-order valence-corrected chi connectivity index (χ1v) is 6.75. The van der Waals surface area contributed by atoms with Crippen molar-refractivity contribution in [2.45, 2.75) is 19.4 Å². The minimum Gasteiger partial charge on any atom is -0.341 e. The summed E-state index contributed by atoms with van der Waals surface area (Å²) < 4.78 is 0. The van der Waals surface area contributed by atoms with Crippen molar-refractivity contribution in [1.29, 1.82) is 0 Å². The van der Waals surface area contributed by atoms with E-state index in [1.54, 1.807) is 4.90 Å². The molecule has 1 aliphatic heterocycles. The van der Waals surface area contributed by atoms with Crippen LogP contribution in [-0.4, -0.2) is 30.9 Å². The van der Waals surface area contributed by atoms with Crippen LogP contribution in [0.1, 0.15) is 18.4 Å². The second-order valence-corrected chi connectivity index (χ2v) is 5.24. The van der Waals surface area contributed by atoms with Crippen LogP contribution in [0.2, 0.25) is 5.02 Å². The van der Waals surface area contributed by atoms with Crippen LogP contribution < -0.4 is 5.32 Å². The van der Waals surface area contributed by atoms with E-state index in [1.165, 1.54) is 0 Å². The summed E-state index contributed by atoms with van der Waals surface area (Å²) in [4.78, 5) is 14.0. The van der Waals surface area contributed by atoms with E-state index in [0.717, 1.165) is 36.5 Å². The predicted molar refractivity (Wildman–Crippen MR) is 73.5 cm³/mol. The highest BCUT2D eigenvalue weighted by atomic mass is 35.5. The number of amides is 1. The fourth-order valence-corrected chi connectivity index (χ4v) is 2.53. The van der Waals surface area contributed by atoms with Gasteiger partial charge in [-0.3, -0.25) is 4.79 Å². The Morgan fingerprint density at radius 3 is 2.94 bits per heavy atom. The van der Waals surface area contributed by atoms with Crippen molar-refractivity contribution >= 4 is 17.5 Å². The molecule has 0 radical (unpaired) electrons. The molecule has 98 valence electrons. The topological polar surface area (TPSA) is 32.3 Å². The van der Waals surface area contributed by atoms with Crippen LogP contribution in [-0.2, 0) is 11.3 Å². The normalized spacial score (nSPS) is 19.6. The van der Waals surface area contributed by atoms with Crippen LogP contribution in [0.25, 0.3) is 0 Å². The first-order chi connectivity index (χ1) is 8.68. The standard InChI is InChI=1S/C14H19ClN2O/c1-17(10-12-5-2-3-7-13(12)15)14(18)11-6-4-8-16-9-11/h2-3,5,7,11,16H,4,6,8-10H2,1H3. The molecule has 1 heterocycles. The second kappa shape index (κ2) is 6.21. The Balaban J connectivity index is 1.96. The highest BCUT2D eigenvalue weighted by Gasteiger charge is 2.24. The predicted octanol–water partition coefficient (Wildman–Crippen LogP) is 2.30. The Hall–Kier alpha value is -1.06. The molecule has 0 saturated carbocycles. The molecule has 3 nitrogen and oxygen atoms in total. The lowest BCUT2D eigenvalue weighted by Gasteiger charge is -2.27. The molecule has 18 heavy (non-hydrogen) atoms. The molecule has 0 aliphatic carbocycles. The van der Waals surface area contributed by atoms with Crippen molar-refractivity contribution in [2.24, 2.45) is 5.92 Å². The summed E-state index contributed by atoms with van der Waals surface area (Å²) >= 11 is 6.11. The molecule has 1 aromatic carbocycles. The molecule has 1 atom stereocenters. The zero-order valence-corrected chi connectivity index (χ0v) is 11.4. The zero-order valence-electron chi connectivity index (χ0n) is 10.7. The molecule has 1 fully saturated rings. The van der Waals surface area contributed by atoms with Crippen molar-refractivity contribution in [3.63, 3.8) is 0 Å². The average Bonchev–Trinajstić information content (AvgIpc) is 2.41. The molecule has 1 aromatic rings. The average molecular weight is 267 g/mol. The maximum Gasteiger partial charge on any atom is 0.227 e. The maximum absolute atomic E-state index is 12.3. The van der Waals surface area contributed by atoms with Crippen LogP contribution >= 0.6 is 11.6 Å². The van der Waals surface area contributed by atoms with Crippen LogP contribution in [0.5, 0.6) is 0 Å². The zero-order chi connectivity index (χ0) is 13.0. The van der Waals surface area contributed by atoms with E-state index in [2.05, 4.69) is 5.32 Å². The summed E-state index contributed by atoms with van der Waals surface area (Å²) in [6.45, 7) is 2.40. The Morgan fingerprint density at radius 1 is 1.50 bits per heavy atom. The highest BCUT2D eigenvalue weighted by molar-refractivity contribution is 6.31. The van der Waals surface area contributed by atoms with Crippen LogP contribution in [0.15, 0.2) is 24.3 Å². The number of halogens is 1. The molecule has 4 heteroatoms. The van der Waals surface area contributed by atoms with Crippen LogP contribution in [0, 0.1) is 5.92 Å². The molecular formula is C14H19ClN2O. The van der Waals surface area contributed by atoms with E-state index in [4.69, 9.17) is 11.6 Å². The van der Waals surface area contributed by atoms with Crippen molar-refractivity contribution in [3.8, 4) is 0 Å². The summed E-state index contributed by atoms with van der Waals surface area (Å²) in [6, 6.07) is 7.67. The number of rotatable bonds is 3. The molecule has 1 N–H and O–H groups in total. The summed E-state index contributed by atoms with van der Waals surface area (Å²) in [6.07, 6.45) is 2.06. The fraction of sp³-hybridized carbons (Fsp3) is 0.500. The van der Waals surface area contributed by atoms with Gasteiger partial charge in [-0.1, -0.05) is 29.8 Å². The minimum atomic E-state index is 0.117. The van der Waals surface area contributed by atoms with Crippen LogP contribution in [0.3, 0.4) is 0 Å². The SMILES string of the molecule is CN(Cc1ccccc1Cl)C(=O)C1CCCNC1. The quantitative estimate of drug-likeness (QED) is 0.911. The third-order valence-electron chi connectivity index (χ3n) is 3.39. The van der Waals surface area contributed by atoms with Gasteiger partial charge in [-0.2, -0.15) is 0 Å². The number of benzene rings is 1. The summed E-state index contributed by atoms with van der Waals surface area (Å²) in [5.41, 5.74) is 0.999. The molecule has 1 saturated heterocycles.